The van der Waals surface area contributed by atoms with E-state index in [4.69, 9.17) is 0 Å². The van der Waals surface area contributed by atoms with Crippen molar-refractivity contribution < 1.29 is 9.59 Å². The molecule has 2 amide bonds. The lowest BCUT2D eigenvalue weighted by atomic mass is 10.4. The highest BCUT2D eigenvalue weighted by atomic mass is 16.2. The van der Waals surface area contributed by atoms with Gasteiger partial charge in [-0.2, -0.15) is 0 Å². The quantitative estimate of drug-likeness (QED) is 0.638. The number of rotatable bonds is 6. The Hall–Kier alpha value is -1.92. The van der Waals surface area contributed by atoms with Crippen LogP contribution in [0.3, 0.4) is 0 Å². The van der Waals surface area contributed by atoms with Crippen molar-refractivity contribution >= 4 is 11.8 Å². The number of amides is 2. The second-order valence-corrected chi connectivity index (χ2v) is 3.72. The van der Waals surface area contributed by atoms with Crippen molar-refractivity contribution in [3.63, 3.8) is 0 Å². The maximum Gasteiger partial charge on any atom is 0.241 e. The molecular formula is C10H17N5O2. The fourth-order valence-corrected chi connectivity index (χ4v) is 1.24. The molecule has 0 spiro atoms. The third-order valence-electron chi connectivity index (χ3n) is 2.15. The Morgan fingerprint density at radius 1 is 1.35 bits per heavy atom. The smallest absolute Gasteiger partial charge is 0.241 e. The lowest BCUT2D eigenvalue weighted by Gasteiger charge is -2.06. The van der Waals surface area contributed by atoms with Crippen LogP contribution in [0.1, 0.15) is 19.0 Å². The lowest BCUT2D eigenvalue weighted by molar-refractivity contribution is -0.121. The minimum absolute atomic E-state index is 0.0606. The first-order valence-corrected chi connectivity index (χ1v) is 5.46. The number of nitrogens with one attached hydrogen (secondary N) is 2. The molecule has 0 radical (unpaired) electrons. The van der Waals surface area contributed by atoms with E-state index < -0.39 is 0 Å². The van der Waals surface area contributed by atoms with E-state index in [-0.39, 0.29) is 18.4 Å². The van der Waals surface area contributed by atoms with Gasteiger partial charge in [0.25, 0.3) is 0 Å². The molecule has 0 saturated carbocycles. The second kappa shape index (κ2) is 6.62. The van der Waals surface area contributed by atoms with E-state index in [0.29, 0.717) is 19.5 Å². The summed E-state index contributed by atoms with van der Waals surface area (Å²) in [5, 5.41) is 12.9. The minimum Gasteiger partial charge on any atom is -0.356 e. The molecule has 2 N–H and O–H groups in total. The highest BCUT2D eigenvalue weighted by Crippen LogP contribution is 1.91. The molecule has 0 aliphatic heterocycles. The predicted octanol–water partition coefficient (Wildman–Crippen LogP) is -0.771. The first-order chi connectivity index (χ1) is 8.09. The molecule has 0 unspecified atom stereocenters. The molecule has 1 aromatic heterocycles. The van der Waals surface area contributed by atoms with Crippen LogP contribution in [-0.4, -0.2) is 39.9 Å². The Kier molecular flexibility index (Phi) is 5.12. The molecule has 0 bridgehead atoms. The van der Waals surface area contributed by atoms with Crippen LogP contribution < -0.4 is 10.6 Å². The number of hydrogen-bond donors (Lipinski definition) is 2. The van der Waals surface area contributed by atoms with Gasteiger partial charge in [0.05, 0.1) is 11.9 Å². The second-order valence-electron chi connectivity index (χ2n) is 3.72. The van der Waals surface area contributed by atoms with Crippen LogP contribution in [0, 0.1) is 6.92 Å². The summed E-state index contributed by atoms with van der Waals surface area (Å²) in [7, 11) is 0. The Morgan fingerprint density at radius 2 is 2.06 bits per heavy atom. The van der Waals surface area contributed by atoms with Gasteiger partial charge in [0.15, 0.2) is 0 Å². The summed E-state index contributed by atoms with van der Waals surface area (Å²) >= 11 is 0. The van der Waals surface area contributed by atoms with Gasteiger partial charge in [-0.05, 0) is 13.3 Å². The Morgan fingerprint density at radius 3 is 2.65 bits per heavy atom. The van der Waals surface area contributed by atoms with Gasteiger partial charge in [0.1, 0.15) is 6.54 Å². The Labute approximate surface area is 99.6 Å². The summed E-state index contributed by atoms with van der Waals surface area (Å²) in [6.45, 7) is 4.58. The monoisotopic (exact) mass is 239 g/mol. The third-order valence-corrected chi connectivity index (χ3v) is 2.15. The van der Waals surface area contributed by atoms with E-state index >= 15 is 0 Å². The number of hydrogen-bond acceptors (Lipinski definition) is 4. The molecule has 94 valence electrons. The molecule has 0 aliphatic carbocycles. The van der Waals surface area contributed by atoms with Crippen LogP contribution in [0.25, 0.3) is 0 Å². The molecule has 7 heteroatoms. The standard InChI is InChI=1S/C10H17N5O2/c1-8-6-13-14-15(8)7-10(17)12-5-3-4-11-9(2)16/h6H,3-5,7H2,1-2H3,(H,11,16)(H,12,17). The Bertz CT molecular complexity index is 388. The van der Waals surface area contributed by atoms with Gasteiger partial charge >= 0.3 is 0 Å². The van der Waals surface area contributed by atoms with Crippen molar-refractivity contribution in [3.8, 4) is 0 Å². The maximum absolute atomic E-state index is 11.5. The van der Waals surface area contributed by atoms with Gasteiger partial charge in [0.2, 0.25) is 11.8 Å². The molecule has 0 atom stereocenters. The molecule has 0 aromatic carbocycles. The number of aromatic nitrogens is 3. The first kappa shape index (κ1) is 13.1. The van der Waals surface area contributed by atoms with E-state index in [0.717, 1.165) is 5.69 Å². The van der Waals surface area contributed by atoms with Gasteiger partial charge in [-0.1, -0.05) is 5.21 Å². The highest BCUT2D eigenvalue weighted by Gasteiger charge is 2.04. The summed E-state index contributed by atoms with van der Waals surface area (Å²) in [6.07, 6.45) is 2.31. The summed E-state index contributed by atoms with van der Waals surface area (Å²) in [5.74, 6) is -0.170. The average molecular weight is 239 g/mol. The molecular weight excluding hydrogens is 222 g/mol. The molecule has 1 rings (SSSR count). The van der Waals surface area contributed by atoms with E-state index in [1.807, 2.05) is 6.92 Å². The zero-order valence-electron chi connectivity index (χ0n) is 10.1. The van der Waals surface area contributed by atoms with Crippen molar-refractivity contribution in [2.75, 3.05) is 13.1 Å². The van der Waals surface area contributed by atoms with E-state index in [1.165, 1.54) is 11.6 Å². The topological polar surface area (TPSA) is 88.9 Å². The fourth-order valence-electron chi connectivity index (χ4n) is 1.24. The van der Waals surface area contributed by atoms with Crippen LogP contribution in [-0.2, 0) is 16.1 Å². The zero-order valence-corrected chi connectivity index (χ0v) is 10.1. The number of carbonyl (C=O) groups excluding carboxylic acids is 2. The van der Waals surface area contributed by atoms with Gasteiger partial charge in [-0.15, -0.1) is 5.10 Å². The van der Waals surface area contributed by atoms with Crippen molar-refractivity contribution in [3.05, 3.63) is 11.9 Å². The SMILES string of the molecule is CC(=O)NCCCNC(=O)Cn1nncc1C. The average Bonchev–Trinajstić information content (AvgIpc) is 2.63. The summed E-state index contributed by atoms with van der Waals surface area (Å²) in [4.78, 5) is 22.0. The molecule has 7 nitrogen and oxygen atoms in total. The third kappa shape index (κ3) is 5.10. The van der Waals surface area contributed by atoms with Gasteiger partial charge < -0.3 is 10.6 Å². The minimum atomic E-state index is -0.110. The molecule has 17 heavy (non-hydrogen) atoms. The molecule has 0 fully saturated rings. The molecule has 0 saturated heterocycles. The van der Waals surface area contributed by atoms with Crippen molar-refractivity contribution in [2.24, 2.45) is 0 Å². The molecule has 0 aliphatic rings. The number of carbonyl (C=O) groups is 2. The maximum atomic E-state index is 11.5. The van der Waals surface area contributed by atoms with Crippen molar-refractivity contribution in [2.45, 2.75) is 26.8 Å². The van der Waals surface area contributed by atoms with Gasteiger partial charge in [-0.3, -0.25) is 9.59 Å². The van der Waals surface area contributed by atoms with Gasteiger partial charge in [-0.25, -0.2) is 4.68 Å². The summed E-state index contributed by atoms with van der Waals surface area (Å²) in [6, 6.07) is 0. The molecule has 1 aromatic rings. The predicted molar refractivity (Wildman–Crippen MR) is 61.1 cm³/mol. The van der Waals surface area contributed by atoms with Gasteiger partial charge in [0, 0.05) is 20.0 Å². The first-order valence-electron chi connectivity index (χ1n) is 5.46. The van der Waals surface area contributed by atoms with E-state index in [2.05, 4.69) is 20.9 Å². The normalized spacial score (nSPS) is 10.0. The summed E-state index contributed by atoms with van der Waals surface area (Å²) < 4.78 is 1.53. The highest BCUT2D eigenvalue weighted by molar-refractivity contribution is 5.75. The van der Waals surface area contributed by atoms with Crippen LogP contribution in [0.2, 0.25) is 0 Å². The Balaban J connectivity index is 2.14. The van der Waals surface area contributed by atoms with E-state index in [9.17, 15) is 9.59 Å². The van der Waals surface area contributed by atoms with Crippen LogP contribution in [0.15, 0.2) is 6.20 Å². The number of aryl methyl sites for hydroxylation is 1. The molecule has 1 heterocycles. The van der Waals surface area contributed by atoms with Crippen molar-refractivity contribution in [1.29, 1.82) is 0 Å². The summed E-state index contributed by atoms with van der Waals surface area (Å²) in [5.41, 5.74) is 0.846. The zero-order chi connectivity index (χ0) is 12.7. The van der Waals surface area contributed by atoms with Crippen LogP contribution in [0.5, 0.6) is 0 Å². The largest absolute Gasteiger partial charge is 0.356 e. The fraction of sp³-hybridized carbons (Fsp3) is 0.600. The number of nitrogens with zero attached hydrogens (tertiary/aromatic N) is 3. The van der Waals surface area contributed by atoms with E-state index in [1.54, 1.807) is 6.20 Å². The van der Waals surface area contributed by atoms with Crippen LogP contribution in [0.4, 0.5) is 0 Å². The van der Waals surface area contributed by atoms with Crippen molar-refractivity contribution in [1.82, 2.24) is 25.6 Å². The lowest BCUT2D eigenvalue weighted by Crippen LogP contribution is -2.31. The van der Waals surface area contributed by atoms with Crippen LogP contribution >= 0.6 is 0 Å².